The van der Waals surface area contributed by atoms with Gasteiger partial charge in [0.15, 0.2) is 16.6 Å². The minimum Gasteiger partial charge on any atom is -0.490 e. The molecule has 0 bridgehead atoms. The van der Waals surface area contributed by atoms with Crippen LogP contribution in [0.2, 0.25) is 10.0 Å². The SMILES string of the molecule is CCOc1cc(C=C2C(=O)NC(=S)N(c3cccc(C(=O)O)c3)C2=O)cc(I)c1OCc1ccc(Cl)cc1Cl. The van der Waals surface area contributed by atoms with Crippen molar-refractivity contribution in [2.24, 2.45) is 0 Å². The highest BCUT2D eigenvalue weighted by molar-refractivity contribution is 14.1. The number of thiocarbonyl (C=S) groups is 1. The van der Waals surface area contributed by atoms with Crippen LogP contribution in [-0.4, -0.2) is 34.6 Å². The van der Waals surface area contributed by atoms with Gasteiger partial charge in [0, 0.05) is 15.6 Å². The molecule has 2 N–H and O–H groups in total. The molecule has 0 radical (unpaired) electrons. The van der Waals surface area contributed by atoms with E-state index >= 15 is 0 Å². The van der Waals surface area contributed by atoms with E-state index in [0.717, 1.165) is 10.5 Å². The van der Waals surface area contributed by atoms with Crippen LogP contribution in [0.4, 0.5) is 5.69 Å². The van der Waals surface area contributed by atoms with Gasteiger partial charge in [-0.1, -0.05) is 35.3 Å². The molecule has 0 atom stereocenters. The van der Waals surface area contributed by atoms with E-state index in [1.807, 2.05) is 6.92 Å². The average Bonchev–Trinajstić information content (AvgIpc) is 2.87. The topological polar surface area (TPSA) is 105 Å². The predicted octanol–water partition coefficient (Wildman–Crippen LogP) is 6.11. The smallest absolute Gasteiger partial charge is 0.335 e. The lowest BCUT2D eigenvalue weighted by Crippen LogP contribution is -2.54. The first-order valence-electron chi connectivity index (χ1n) is 11.4. The highest BCUT2D eigenvalue weighted by atomic mass is 127. The number of aromatic carboxylic acids is 1. The summed E-state index contributed by atoms with van der Waals surface area (Å²) in [4.78, 5) is 38.6. The molecule has 39 heavy (non-hydrogen) atoms. The Bertz CT molecular complexity index is 1540. The predicted molar refractivity (Wildman–Crippen MR) is 161 cm³/mol. The maximum atomic E-state index is 13.4. The number of benzene rings is 3. The Balaban J connectivity index is 1.67. The number of carbonyl (C=O) groups excluding carboxylic acids is 2. The van der Waals surface area contributed by atoms with E-state index < -0.39 is 17.8 Å². The summed E-state index contributed by atoms with van der Waals surface area (Å²) in [5, 5.41) is 12.6. The van der Waals surface area contributed by atoms with E-state index in [-0.39, 0.29) is 28.5 Å². The summed E-state index contributed by atoms with van der Waals surface area (Å²) in [6, 6.07) is 14.2. The normalized spacial score (nSPS) is 14.4. The number of rotatable bonds is 8. The van der Waals surface area contributed by atoms with Crippen molar-refractivity contribution in [3.05, 3.63) is 90.5 Å². The van der Waals surface area contributed by atoms with Crippen molar-refractivity contribution in [3.63, 3.8) is 0 Å². The van der Waals surface area contributed by atoms with Gasteiger partial charge >= 0.3 is 5.97 Å². The van der Waals surface area contributed by atoms with Crippen LogP contribution in [0.1, 0.15) is 28.4 Å². The molecule has 1 saturated heterocycles. The van der Waals surface area contributed by atoms with Gasteiger partial charge in [0.1, 0.15) is 12.2 Å². The molecule has 0 unspecified atom stereocenters. The molecule has 3 aromatic rings. The van der Waals surface area contributed by atoms with Gasteiger partial charge in [-0.2, -0.15) is 0 Å². The Morgan fingerprint density at radius 3 is 2.59 bits per heavy atom. The maximum absolute atomic E-state index is 13.4. The third-order valence-electron chi connectivity index (χ3n) is 5.48. The molecule has 0 aromatic heterocycles. The molecule has 8 nitrogen and oxygen atoms in total. The van der Waals surface area contributed by atoms with Crippen LogP contribution in [0.5, 0.6) is 11.5 Å². The molecule has 3 aromatic carbocycles. The standard InChI is InChI=1S/C27H19Cl2IN2O6S/c1-2-37-22-10-14(9-21(30)23(22)38-13-16-6-7-17(28)12-20(16)29)8-19-24(33)31-27(39)32(25(19)34)18-5-3-4-15(11-18)26(35)36/h3-12H,2,13H2,1H3,(H,35,36)(H,31,33,39). The van der Waals surface area contributed by atoms with Crippen LogP contribution in [0.3, 0.4) is 0 Å². The third kappa shape index (κ3) is 6.52. The number of nitrogens with zero attached hydrogens (tertiary/aromatic N) is 1. The second kappa shape index (κ2) is 12.3. The van der Waals surface area contributed by atoms with Crippen molar-refractivity contribution < 1.29 is 29.0 Å². The highest BCUT2D eigenvalue weighted by Crippen LogP contribution is 2.36. The van der Waals surface area contributed by atoms with Crippen molar-refractivity contribution in [2.45, 2.75) is 13.5 Å². The number of ether oxygens (including phenoxy) is 2. The summed E-state index contributed by atoms with van der Waals surface area (Å²) in [6.45, 7) is 2.32. The summed E-state index contributed by atoms with van der Waals surface area (Å²) in [5.41, 5.74) is 1.23. The minimum absolute atomic E-state index is 0.0306. The van der Waals surface area contributed by atoms with E-state index in [1.165, 1.54) is 30.3 Å². The maximum Gasteiger partial charge on any atom is 0.335 e. The lowest BCUT2D eigenvalue weighted by atomic mass is 10.1. The Morgan fingerprint density at radius 2 is 1.90 bits per heavy atom. The Kier molecular flexibility index (Phi) is 9.11. The first-order chi connectivity index (χ1) is 18.6. The van der Waals surface area contributed by atoms with Crippen LogP contribution < -0.4 is 19.7 Å². The zero-order valence-electron chi connectivity index (χ0n) is 20.2. The molecule has 1 fully saturated rings. The van der Waals surface area contributed by atoms with E-state index in [0.29, 0.717) is 37.3 Å². The first-order valence-corrected chi connectivity index (χ1v) is 13.6. The molecule has 0 saturated carbocycles. The van der Waals surface area contributed by atoms with Gasteiger partial charge in [-0.15, -0.1) is 0 Å². The summed E-state index contributed by atoms with van der Waals surface area (Å²) in [7, 11) is 0. The third-order valence-corrected chi connectivity index (χ3v) is 7.16. The lowest BCUT2D eigenvalue weighted by molar-refractivity contribution is -0.122. The van der Waals surface area contributed by atoms with Gasteiger partial charge in [0.25, 0.3) is 11.8 Å². The van der Waals surface area contributed by atoms with Crippen LogP contribution in [0.25, 0.3) is 6.08 Å². The van der Waals surface area contributed by atoms with E-state index in [1.54, 1.807) is 30.3 Å². The molecule has 2 amide bonds. The van der Waals surface area contributed by atoms with Crippen LogP contribution in [0, 0.1) is 3.57 Å². The second-order valence-electron chi connectivity index (χ2n) is 8.10. The lowest BCUT2D eigenvalue weighted by Gasteiger charge is -2.29. The van der Waals surface area contributed by atoms with Gasteiger partial charge in [-0.25, -0.2) is 4.79 Å². The quantitative estimate of drug-likeness (QED) is 0.127. The van der Waals surface area contributed by atoms with E-state index in [2.05, 4.69) is 27.9 Å². The number of carboxylic acids is 1. The van der Waals surface area contributed by atoms with Crippen molar-refractivity contribution >= 4 is 92.7 Å². The number of carbonyl (C=O) groups is 3. The molecule has 12 heteroatoms. The number of hydrogen-bond donors (Lipinski definition) is 2. The first kappa shape index (κ1) is 28.8. The van der Waals surface area contributed by atoms with Crippen molar-refractivity contribution in [1.29, 1.82) is 0 Å². The Morgan fingerprint density at radius 1 is 1.13 bits per heavy atom. The zero-order valence-corrected chi connectivity index (χ0v) is 24.7. The fourth-order valence-electron chi connectivity index (χ4n) is 3.70. The molecule has 1 aliphatic heterocycles. The van der Waals surface area contributed by atoms with Crippen LogP contribution in [0.15, 0.2) is 60.2 Å². The number of halogens is 3. The number of carboxylic acid groups (broad SMARTS) is 1. The number of amides is 2. The summed E-state index contributed by atoms with van der Waals surface area (Å²) >= 11 is 19.5. The molecule has 1 heterocycles. The fourth-order valence-corrected chi connectivity index (χ4v) is 5.22. The van der Waals surface area contributed by atoms with E-state index in [4.69, 9.17) is 44.9 Å². The van der Waals surface area contributed by atoms with Crippen molar-refractivity contribution in [3.8, 4) is 11.5 Å². The summed E-state index contributed by atoms with van der Waals surface area (Å²) in [6.07, 6.45) is 1.41. The van der Waals surface area contributed by atoms with Gasteiger partial charge in [0.2, 0.25) is 0 Å². The Hall–Kier alpha value is -3.19. The van der Waals surface area contributed by atoms with E-state index in [9.17, 15) is 19.5 Å². The molecule has 200 valence electrons. The minimum atomic E-state index is -1.16. The summed E-state index contributed by atoms with van der Waals surface area (Å²) < 4.78 is 12.5. The van der Waals surface area contributed by atoms with Gasteiger partial charge in [-0.3, -0.25) is 19.8 Å². The van der Waals surface area contributed by atoms with Gasteiger partial charge in [-0.05, 0) is 95.8 Å². The largest absolute Gasteiger partial charge is 0.490 e. The van der Waals surface area contributed by atoms with Crippen LogP contribution in [-0.2, 0) is 16.2 Å². The molecule has 0 spiro atoms. The molecular weight excluding hydrogens is 678 g/mol. The van der Waals surface area contributed by atoms with Crippen molar-refractivity contribution in [2.75, 3.05) is 11.5 Å². The average molecular weight is 697 g/mol. The fraction of sp³-hybridized carbons (Fsp3) is 0.111. The molecule has 4 rings (SSSR count). The molecule has 0 aliphatic carbocycles. The number of hydrogen-bond acceptors (Lipinski definition) is 6. The van der Waals surface area contributed by atoms with Crippen molar-refractivity contribution in [1.82, 2.24) is 5.32 Å². The number of anilines is 1. The highest BCUT2D eigenvalue weighted by Gasteiger charge is 2.35. The zero-order chi connectivity index (χ0) is 28.3. The monoisotopic (exact) mass is 696 g/mol. The number of nitrogens with one attached hydrogen (secondary N) is 1. The van der Waals surface area contributed by atoms with Gasteiger partial charge < -0.3 is 14.6 Å². The second-order valence-corrected chi connectivity index (χ2v) is 10.5. The Labute approximate surface area is 252 Å². The molecule has 1 aliphatic rings. The van der Waals surface area contributed by atoms with Crippen LogP contribution >= 0.6 is 58.0 Å². The van der Waals surface area contributed by atoms with Gasteiger partial charge in [0.05, 0.1) is 21.4 Å². The summed E-state index contributed by atoms with van der Waals surface area (Å²) in [5.74, 6) is -1.66. The molecular formula is C27H19Cl2IN2O6S.